The molecule has 0 fully saturated rings. The van der Waals surface area contributed by atoms with Crippen LogP contribution in [0, 0.1) is 0 Å². The van der Waals surface area contributed by atoms with E-state index in [2.05, 4.69) is 24.3 Å². The summed E-state index contributed by atoms with van der Waals surface area (Å²) in [6, 6.07) is 14.5. The largest absolute Gasteiger partial charge is 0.494 e. The predicted octanol–water partition coefficient (Wildman–Crippen LogP) is 5.00. The van der Waals surface area contributed by atoms with Crippen LogP contribution in [0.3, 0.4) is 0 Å². The number of benzene rings is 2. The zero-order chi connectivity index (χ0) is 16.2. The van der Waals surface area contributed by atoms with Crippen LogP contribution < -0.4 is 5.73 Å². The summed E-state index contributed by atoms with van der Waals surface area (Å²) < 4.78 is 11.4. The lowest BCUT2D eigenvalue weighted by atomic mass is 9.99. The summed E-state index contributed by atoms with van der Waals surface area (Å²) >= 11 is 0. The SMILES string of the molecule is C/C=C(\C)OCc1cc(-c2cccc(CN)c2)c2occc2c1. The summed E-state index contributed by atoms with van der Waals surface area (Å²) in [5, 5.41) is 1.08. The number of allylic oxidation sites excluding steroid dienone is 2. The highest BCUT2D eigenvalue weighted by molar-refractivity contribution is 5.93. The fraction of sp³-hybridized carbons (Fsp3) is 0.200. The zero-order valence-electron chi connectivity index (χ0n) is 13.5. The third-order valence-corrected chi connectivity index (χ3v) is 3.96. The Morgan fingerprint density at radius 1 is 1.17 bits per heavy atom. The first kappa shape index (κ1) is 15.4. The van der Waals surface area contributed by atoms with E-state index < -0.39 is 0 Å². The molecule has 23 heavy (non-hydrogen) atoms. The van der Waals surface area contributed by atoms with Crippen molar-refractivity contribution in [1.82, 2.24) is 0 Å². The van der Waals surface area contributed by atoms with Crippen molar-refractivity contribution >= 4 is 11.0 Å². The van der Waals surface area contributed by atoms with Crippen molar-refractivity contribution in [1.29, 1.82) is 0 Å². The van der Waals surface area contributed by atoms with Crippen molar-refractivity contribution in [3.8, 4) is 11.1 Å². The molecule has 0 radical (unpaired) electrons. The standard InChI is InChI=1S/C20H21NO2/c1-3-14(2)23-13-16-10-18-7-8-22-20(18)19(11-16)17-6-4-5-15(9-17)12-21/h3-11H,12-13,21H2,1-2H3/b14-3+. The van der Waals surface area contributed by atoms with Gasteiger partial charge in [0.2, 0.25) is 0 Å². The van der Waals surface area contributed by atoms with Crippen LogP contribution in [0.15, 0.2) is 65.0 Å². The van der Waals surface area contributed by atoms with Crippen LogP contribution >= 0.6 is 0 Å². The molecule has 0 aliphatic carbocycles. The van der Waals surface area contributed by atoms with Gasteiger partial charge in [0.1, 0.15) is 12.2 Å². The highest BCUT2D eigenvalue weighted by Crippen LogP contribution is 2.32. The van der Waals surface area contributed by atoms with E-state index >= 15 is 0 Å². The molecule has 3 rings (SSSR count). The molecule has 0 amide bonds. The topological polar surface area (TPSA) is 48.4 Å². The molecule has 118 valence electrons. The fourth-order valence-corrected chi connectivity index (χ4v) is 2.59. The van der Waals surface area contributed by atoms with Crippen molar-refractivity contribution in [3.63, 3.8) is 0 Å². The zero-order valence-corrected chi connectivity index (χ0v) is 13.5. The number of rotatable bonds is 5. The van der Waals surface area contributed by atoms with E-state index in [1.807, 2.05) is 38.1 Å². The molecule has 1 heterocycles. The van der Waals surface area contributed by atoms with Gasteiger partial charge in [0, 0.05) is 17.5 Å². The lowest BCUT2D eigenvalue weighted by Crippen LogP contribution is -1.96. The second-order valence-corrected chi connectivity index (χ2v) is 5.57. The third-order valence-electron chi connectivity index (χ3n) is 3.96. The van der Waals surface area contributed by atoms with Crippen molar-refractivity contribution < 1.29 is 9.15 Å². The molecule has 0 aliphatic heterocycles. The highest BCUT2D eigenvalue weighted by Gasteiger charge is 2.10. The average molecular weight is 307 g/mol. The molecule has 3 heteroatoms. The van der Waals surface area contributed by atoms with E-state index in [-0.39, 0.29) is 0 Å². The first-order chi connectivity index (χ1) is 11.2. The molecule has 2 N–H and O–H groups in total. The van der Waals surface area contributed by atoms with Crippen LogP contribution in [-0.2, 0) is 17.9 Å². The molecule has 1 aromatic heterocycles. The summed E-state index contributed by atoms with van der Waals surface area (Å²) in [5.41, 5.74) is 11.1. The fourth-order valence-electron chi connectivity index (χ4n) is 2.59. The Morgan fingerprint density at radius 2 is 2.04 bits per heavy atom. The van der Waals surface area contributed by atoms with Gasteiger partial charge in [0.05, 0.1) is 12.0 Å². The van der Waals surface area contributed by atoms with E-state index in [9.17, 15) is 0 Å². The average Bonchev–Trinajstić information content (AvgIpc) is 3.07. The second kappa shape index (κ2) is 6.71. The lowest BCUT2D eigenvalue weighted by Gasteiger charge is -2.10. The van der Waals surface area contributed by atoms with Gasteiger partial charge in [-0.25, -0.2) is 0 Å². The van der Waals surface area contributed by atoms with E-state index in [1.165, 1.54) is 0 Å². The van der Waals surface area contributed by atoms with Crippen LogP contribution in [0.2, 0.25) is 0 Å². The van der Waals surface area contributed by atoms with Gasteiger partial charge in [-0.05, 0) is 60.9 Å². The monoisotopic (exact) mass is 307 g/mol. The number of hydrogen-bond donors (Lipinski definition) is 1. The summed E-state index contributed by atoms with van der Waals surface area (Å²) in [6.45, 7) is 5.00. The molecule has 0 saturated heterocycles. The van der Waals surface area contributed by atoms with Crippen molar-refractivity contribution in [2.45, 2.75) is 27.0 Å². The minimum atomic E-state index is 0.526. The summed E-state index contributed by atoms with van der Waals surface area (Å²) in [4.78, 5) is 0. The van der Waals surface area contributed by atoms with Gasteiger partial charge in [0.25, 0.3) is 0 Å². The van der Waals surface area contributed by atoms with E-state index in [0.717, 1.165) is 39.0 Å². The van der Waals surface area contributed by atoms with Gasteiger partial charge in [-0.3, -0.25) is 0 Å². The highest BCUT2D eigenvalue weighted by atomic mass is 16.5. The van der Waals surface area contributed by atoms with Gasteiger partial charge in [0.15, 0.2) is 0 Å². The Balaban J connectivity index is 2.05. The van der Waals surface area contributed by atoms with E-state index in [4.69, 9.17) is 14.9 Å². The normalized spacial score (nSPS) is 11.9. The summed E-state index contributed by atoms with van der Waals surface area (Å²) in [7, 11) is 0. The Kier molecular flexibility index (Phi) is 4.49. The number of fused-ring (bicyclic) bond motifs is 1. The third kappa shape index (κ3) is 3.30. The van der Waals surface area contributed by atoms with E-state index in [1.54, 1.807) is 6.26 Å². The number of ether oxygens (including phenoxy) is 1. The van der Waals surface area contributed by atoms with Crippen molar-refractivity contribution in [3.05, 3.63) is 71.7 Å². The Hall–Kier alpha value is -2.52. The maximum atomic E-state index is 5.77. The number of hydrogen-bond acceptors (Lipinski definition) is 3. The summed E-state index contributed by atoms with van der Waals surface area (Å²) in [5.74, 6) is 0.920. The minimum Gasteiger partial charge on any atom is -0.494 e. The maximum absolute atomic E-state index is 5.77. The molecule has 3 aromatic rings. The molecular formula is C20H21NO2. The van der Waals surface area contributed by atoms with Crippen LogP contribution in [0.5, 0.6) is 0 Å². The molecule has 0 atom stereocenters. The molecule has 0 unspecified atom stereocenters. The number of furan rings is 1. The quantitative estimate of drug-likeness (QED) is 0.675. The Labute approximate surface area is 136 Å². The summed E-state index contributed by atoms with van der Waals surface area (Å²) in [6.07, 6.45) is 3.69. The first-order valence-corrected chi connectivity index (χ1v) is 7.76. The second-order valence-electron chi connectivity index (χ2n) is 5.57. The Bertz CT molecular complexity index is 846. The van der Waals surface area contributed by atoms with Gasteiger partial charge in [-0.15, -0.1) is 0 Å². The first-order valence-electron chi connectivity index (χ1n) is 7.76. The minimum absolute atomic E-state index is 0.526. The van der Waals surface area contributed by atoms with Crippen molar-refractivity contribution in [2.24, 2.45) is 5.73 Å². The van der Waals surface area contributed by atoms with Crippen LogP contribution in [0.1, 0.15) is 25.0 Å². The Morgan fingerprint density at radius 3 is 2.83 bits per heavy atom. The maximum Gasteiger partial charge on any atom is 0.141 e. The lowest BCUT2D eigenvalue weighted by molar-refractivity contribution is 0.200. The number of nitrogens with two attached hydrogens (primary N) is 1. The molecule has 0 bridgehead atoms. The van der Waals surface area contributed by atoms with Crippen LogP contribution in [-0.4, -0.2) is 0 Å². The van der Waals surface area contributed by atoms with Gasteiger partial charge in [-0.2, -0.15) is 0 Å². The molecule has 2 aromatic carbocycles. The van der Waals surface area contributed by atoms with Gasteiger partial charge >= 0.3 is 0 Å². The van der Waals surface area contributed by atoms with E-state index in [0.29, 0.717) is 13.2 Å². The van der Waals surface area contributed by atoms with Gasteiger partial charge < -0.3 is 14.9 Å². The van der Waals surface area contributed by atoms with Gasteiger partial charge in [-0.1, -0.05) is 18.2 Å². The smallest absolute Gasteiger partial charge is 0.141 e. The molecule has 3 nitrogen and oxygen atoms in total. The molecule has 0 spiro atoms. The van der Waals surface area contributed by atoms with Crippen molar-refractivity contribution in [2.75, 3.05) is 0 Å². The molecule has 0 aliphatic rings. The molecular weight excluding hydrogens is 286 g/mol. The van der Waals surface area contributed by atoms with Crippen LogP contribution in [0.25, 0.3) is 22.1 Å². The van der Waals surface area contributed by atoms with Crippen LogP contribution in [0.4, 0.5) is 0 Å². The predicted molar refractivity (Wildman–Crippen MR) is 93.8 cm³/mol. The molecule has 0 saturated carbocycles.